The van der Waals surface area contributed by atoms with Gasteiger partial charge >= 0.3 is 5.97 Å². The SMILES string of the molecule is CC(=O)N1CCC(C(=O)NCCC[N+]23CCC(CC2)C(OC(=O)C([O-])(c2ccccc2)c2ccccc2)C3)CC1. The number of esters is 1. The van der Waals surface area contributed by atoms with Crippen molar-refractivity contribution >= 4 is 17.8 Å². The summed E-state index contributed by atoms with van der Waals surface area (Å²) in [5.41, 5.74) is -1.34. The van der Waals surface area contributed by atoms with Gasteiger partial charge in [0.05, 0.1) is 19.6 Å². The van der Waals surface area contributed by atoms with Crippen molar-refractivity contribution in [1.29, 1.82) is 0 Å². The van der Waals surface area contributed by atoms with Crippen LogP contribution in [0.2, 0.25) is 0 Å². The molecular formula is C32H41N3O5. The molecular weight excluding hydrogens is 506 g/mol. The number of carbonyl (C=O) groups is 3. The first-order valence-corrected chi connectivity index (χ1v) is 14.7. The van der Waals surface area contributed by atoms with Crippen LogP contribution in [0, 0.1) is 11.8 Å². The van der Waals surface area contributed by atoms with Crippen LogP contribution in [0.25, 0.3) is 0 Å². The van der Waals surface area contributed by atoms with Crippen molar-refractivity contribution in [2.45, 2.75) is 50.7 Å². The van der Waals surface area contributed by atoms with Crippen LogP contribution in [0.4, 0.5) is 0 Å². The molecule has 4 saturated heterocycles. The predicted molar refractivity (Wildman–Crippen MR) is 149 cm³/mol. The van der Waals surface area contributed by atoms with Crippen LogP contribution in [0.1, 0.15) is 50.2 Å². The van der Waals surface area contributed by atoms with Crippen LogP contribution in [0.15, 0.2) is 60.7 Å². The van der Waals surface area contributed by atoms with E-state index in [1.54, 1.807) is 60.4 Å². The van der Waals surface area contributed by atoms with Gasteiger partial charge in [-0.25, -0.2) is 0 Å². The molecule has 2 aromatic carbocycles. The second kappa shape index (κ2) is 12.1. The van der Waals surface area contributed by atoms with Crippen LogP contribution in [-0.4, -0.2) is 79.1 Å². The summed E-state index contributed by atoms with van der Waals surface area (Å²) in [7, 11) is 0. The van der Waals surface area contributed by atoms with Gasteiger partial charge < -0.3 is 24.5 Å². The van der Waals surface area contributed by atoms with Gasteiger partial charge in [-0.1, -0.05) is 60.7 Å². The van der Waals surface area contributed by atoms with Crippen molar-refractivity contribution in [2.24, 2.45) is 11.8 Å². The molecule has 4 fully saturated rings. The number of hydrogen-bond donors (Lipinski definition) is 1. The summed E-state index contributed by atoms with van der Waals surface area (Å²) >= 11 is 0. The normalized spacial score (nSPS) is 24.9. The van der Waals surface area contributed by atoms with E-state index < -0.39 is 11.6 Å². The monoisotopic (exact) mass is 547 g/mol. The standard InChI is InChI=1S/C32H41N3O5/c1-24(36)34-18-13-26(14-19-34)30(37)33-17-8-20-35-21-15-25(16-22-35)29(23-35)40-31(38)32(39,27-9-4-2-5-10-27)28-11-6-3-7-12-28/h2-7,9-12,25-26,29H,8,13-23H2,1H3,(H,33,37). The Morgan fingerprint density at radius 3 is 2.08 bits per heavy atom. The summed E-state index contributed by atoms with van der Waals surface area (Å²) in [5.74, 6) is -0.326. The zero-order chi connectivity index (χ0) is 28.2. The molecule has 4 aliphatic heterocycles. The molecule has 4 aliphatic rings. The van der Waals surface area contributed by atoms with Gasteiger partial charge in [0.2, 0.25) is 11.8 Å². The van der Waals surface area contributed by atoms with Crippen LogP contribution in [-0.2, 0) is 24.7 Å². The van der Waals surface area contributed by atoms with Gasteiger partial charge in [0.15, 0.2) is 6.10 Å². The number of fused-ring (bicyclic) bond motifs is 3. The number of amides is 2. The Morgan fingerprint density at radius 2 is 1.52 bits per heavy atom. The van der Waals surface area contributed by atoms with Crippen molar-refractivity contribution in [3.05, 3.63) is 71.8 Å². The highest BCUT2D eigenvalue weighted by Gasteiger charge is 2.48. The number of benzene rings is 2. The van der Waals surface area contributed by atoms with E-state index in [9.17, 15) is 19.5 Å². The Bertz CT molecular complexity index is 1130. The number of hydrogen-bond acceptors (Lipinski definition) is 5. The minimum absolute atomic E-state index is 0.0289. The number of rotatable bonds is 9. The quantitative estimate of drug-likeness (QED) is 0.295. The molecule has 2 aromatic rings. The molecule has 0 aliphatic carbocycles. The minimum atomic E-state index is -2.12. The van der Waals surface area contributed by atoms with Crippen molar-refractivity contribution in [3.63, 3.8) is 0 Å². The number of nitrogens with one attached hydrogen (secondary N) is 1. The van der Waals surface area contributed by atoms with E-state index in [-0.39, 0.29) is 29.8 Å². The van der Waals surface area contributed by atoms with E-state index in [4.69, 9.17) is 4.74 Å². The first-order valence-electron chi connectivity index (χ1n) is 14.7. The third-order valence-electron chi connectivity index (χ3n) is 9.37. The van der Waals surface area contributed by atoms with E-state index in [1.807, 2.05) is 12.1 Å². The average molecular weight is 548 g/mol. The Morgan fingerprint density at radius 1 is 0.950 bits per heavy atom. The number of piperidine rings is 4. The molecule has 2 bridgehead atoms. The second-order valence-electron chi connectivity index (χ2n) is 11.8. The van der Waals surface area contributed by atoms with Crippen LogP contribution < -0.4 is 10.4 Å². The van der Waals surface area contributed by atoms with Gasteiger partial charge in [-0.2, -0.15) is 0 Å². The molecule has 1 unspecified atom stereocenters. The fourth-order valence-electron chi connectivity index (χ4n) is 6.86. The lowest BCUT2D eigenvalue weighted by molar-refractivity contribution is -0.946. The van der Waals surface area contributed by atoms with Gasteiger partial charge in [0.1, 0.15) is 6.54 Å². The third-order valence-corrected chi connectivity index (χ3v) is 9.37. The van der Waals surface area contributed by atoms with Crippen molar-refractivity contribution < 1.29 is 28.7 Å². The Hall–Kier alpha value is -3.23. The number of quaternary nitrogens is 1. The topological polar surface area (TPSA) is 98.8 Å². The third kappa shape index (κ3) is 5.93. The van der Waals surface area contributed by atoms with Crippen molar-refractivity contribution in [1.82, 2.24) is 10.2 Å². The molecule has 6 rings (SSSR count). The maximum Gasteiger partial charge on any atom is 0.304 e. The first kappa shape index (κ1) is 28.3. The highest BCUT2D eigenvalue weighted by atomic mass is 16.6. The summed E-state index contributed by atoms with van der Waals surface area (Å²) in [4.78, 5) is 39.7. The molecule has 1 N–H and O–H groups in total. The molecule has 2 amide bonds. The second-order valence-corrected chi connectivity index (χ2v) is 11.8. The molecule has 8 heteroatoms. The molecule has 0 aromatic heterocycles. The van der Waals surface area contributed by atoms with Crippen molar-refractivity contribution in [2.75, 3.05) is 45.8 Å². The zero-order valence-electron chi connectivity index (χ0n) is 23.4. The van der Waals surface area contributed by atoms with Gasteiger partial charge in [-0.05, 0) is 24.0 Å². The van der Waals surface area contributed by atoms with Gasteiger partial charge in [-0.3, -0.25) is 14.4 Å². The smallest absolute Gasteiger partial charge is 0.304 e. The van der Waals surface area contributed by atoms with Gasteiger partial charge in [0.25, 0.3) is 0 Å². The van der Waals surface area contributed by atoms with E-state index in [2.05, 4.69) is 5.32 Å². The number of nitrogens with zero attached hydrogens (tertiary/aromatic N) is 2. The summed E-state index contributed by atoms with van der Waals surface area (Å²) in [6, 6.07) is 17.6. The molecule has 1 atom stereocenters. The largest absolute Gasteiger partial charge is 0.834 e. The fourth-order valence-corrected chi connectivity index (χ4v) is 6.86. The van der Waals surface area contributed by atoms with E-state index in [0.29, 0.717) is 50.1 Å². The lowest BCUT2D eigenvalue weighted by atomic mass is 9.82. The summed E-state index contributed by atoms with van der Waals surface area (Å²) in [5, 5.41) is 17.4. The number of carbonyl (C=O) groups excluding carboxylic acids is 3. The maximum atomic E-state index is 14.3. The Kier molecular flexibility index (Phi) is 8.57. The van der Waals surface area contributed by atoms with Crippen LogP contribution in [0.5, 0.6) is 0 Å². The lowest BCUT2D eigenvalue weighted by Gasteiger charge is -2.53. The minimum Gasteiger partial charge on any atom is -0.834 e. The van der Waals surface area contributed by atoms with Crippen LogP contribution >= 0.6 is 0 Å². The van der Waals surface area contributed by atoms with Gasteiger partial charge in [0, 0.05) is 63.3 Å². The zero-order valence-corrected chi connectivity index (χ0v) is 23.4. The fraction of sp³-hybridized carbons (Fsp3) is 0.531. The Balaban J connectivity index is 1.17. The molecule has 0 radical (unpaired) electrons. The summed E-state index contributed by atoms with van der Waals surface area (Å²) < 4.78 is 6.97. The highest BCUT2D eigenvalue weighted by molar-refractivity contribution is 5.85. The molecule has 8 nitrogen and oxygen atoms in total. The molecule has 0 saturated carbocycles. The molecule has 4 heterocycles. The van der Waals surface area contributed by atoms with E-state index in [1.165, 1.54) is 0 Å². The molecule has 214 valence electrons. The highest BCUT2D eigenvalue weighted by Crippen LogP contribution is 2.37. The summed E-state index contributed by atoms with van der Waals surface area (Å²) in [6.45, 7) is 7.18. The molecule has 0 spiro atoms. The van der Waals surface area contributed by atoms with Crippen LogP contribution in [0.3, 0.4) is 0 Å². The first-order chi connectivity index (χ1) is 19.3. The maximum absolute atomic E-state index is 14.3. The van der Waals surface area contributed by atoms with Gasteiger partial charge in [-0.15, -0.1) is 0 Å². The lowest BCUT2D eigenvalue weighted by Crippen LogP contribution is -2.65. The molecule has 40 heavy (non-hydrogen) atoms. The van der Waals surface area contributed by atoms with E-state index >= 15 is 0 Å². The predicted octanol–water partition coefficient (Wildman–Crippen LogP) is 2.21. The number of ether oxygens (including phenoxy) is 1. The Labute approximate surface area is 236 Å². The number of likely N-dealkylation sites (tertiary alicyclic amines) is 1. The average Bonchev–Trinajstić information content (AvgIpc) is 3.00. The summed E-state index contributed by atoms with van der Waals surface area (Å²) in [6.07, 6.45) is 3.95. The van der Waals surface area contributed by atoms with Crippen molar-refractivity contribution in [3.8, 4) is 0 Å². The van der Waals surface area contributed by atoms with E-state index in [0.717, 1.165) is 43.4 Å².